The van der Waals surface area contributed by atoms with Crippen LogP contribution in [0.15, 0.2) is 69.9 Å². The van der Waals surface area contributed by atoms with E-state index in [0.717, 1.165) is 5.56 Å². The van der Waals surface area contributed by atoms with Crippen molar-refractivity contribution in [1.82, 2.24) is 10.6 Å². The number of amides is 2. The normalized spacial score (nSPS) is 10.4. The highest BCUT2D eigenvalue weighted by atomic mass is 16.4. The van der Waals surface area contributed by atoms with E-state index in [-0.39, 0.29) is 18.0 Å². The van der Waals surface area contributed by atoms with Gasteiger partial charge >= 0.3 is 5.63 Å². The lowest BCUT2D eigenvalue weighted by molar-refractivity contribution is -0.120. The zero-order valence-electron chi connectivity index (χ0n) is 13.3. The van der Waals surface area contributed by atoms with Crippen LogP contribution in [0.3, 0.4) is 0 Å². The molecular weight excluding hydrogens is 320 g/mol. The molecule has 0 atom stereocenters. The van der Waals surface area contributed by atoms with Gasteiger partial charge in [0.25, 0.3) is 5.91 Å². The van der Waals surface area contributed by atoms with Crippen molar-refractivity contribution in [2.75, 3.05) is 6.54 Å². The van der Waals surface area contributed by atoms with E-state index in [0.29, 0.717) is 17.5 Å². The number of benzene rings is 2. The Hall–Kier alpha value is -3.41. The fraction of sp³-hybridized carbons (Fsp3) is 0.105. The molecule has 0 saturated carbocycles. The van der Waals surface area contributed by atoms with Gasteiger partial charge in [0, 0.05) is 11.9 Å². The van der Waals surface area contributed by atoms with Crippen molar-refractivity contribution >= 4 is 22.8 Å². The first-order valence-electron chi connectivity index (χ1n) is 7.75. The minimum Gasteiger partial charge on any atom is -0.422 e. The number of carbonyl (C=O) groups is 2. The first-order chi connectivity index (χ1) is 12.1. The molecule has 2 aromatic carbocycles. The van der Waals surface area contributed by atoms with Gasteiger partial charge in [-0.1, -0.05) is 48.5 Å². The van der Waals surface area contributed by atoms with E-state index in [1.807, 2.05) is 30.3 Å². The first kappa shape index (κ1) is 16.4. The fourth-order valence-corrected chi connectivity index (χ4v) is 2.34. The van der Waals surface area contributed by atoms with Crippen LogP contribution in [0.5, 0.6) is 0 Å². The van der Waals surface area contributed by atoms with Gasteiger partial charge in [-0.05, 0) is 17.7 Å². The van der Waals surface area contributed by atoms with Gasteiger partial charge < -0.3 is 15.1 Å². The predicted molar refractivity (Wildman–Crippen MR) is 93.1 cm³/mol. The van der Waals surface area contributed by atoms with Crippen LogP contribution in [0.2, 0.25) is 0 Å². The predicted octanol–water partition coefficient (Wildman–Crippen LogP) is 1.84. The molecule has 0 saturated heterocycles. The summed E-state index contributed by atoms with van der Waals surface area (Å²) in [5.74, 6) is -0.989. The molecule has 126 valence electrons. The van der Waals surface area contributed by atoms with Crippen LogP contribution in [-0.4, -0.2) is 18.4 Å². The Kier molecular flexibility index (Phi) is 4.89. The van der Waals surface area contributed by atoms with E-state index in [4.69, 9.17) is 4.42 Å². The van der Waals surface area contributed by atoms with Crippen molar-refractivity contribution in [2.45, 2.75) is 6.54 Å². The molecule has 3 aromatic rings. The summed E-state index contributed by atoms with van der Waals surface area (Å²) >= 11 is 0. The fourth-order valence-electron chi connectivity index (χ4n) is 2.34. The molecule has 1 heterocycles. The highest BCUT2D eigenvalue weighted by molar-refractivity contribution is 5.98. The second-order valence-corrected chi connectivity index (χ2v) is 5.43. The first-order valence-corrected chi connectivity index (χ1v) is 7.75. The van der Waals surface area contributed by atoms with Crippen molar-refractivity contribution in [3.05, 3.63) is 82.2 Å². The van der Waals surface area contributed by atoms with Crippen molar-refractivity contribution in [2.24, 2.45) is 0 Å². The SMILES string of the molecule is O=C(CNC(=O)c1cc2ccccc2oc1=O)NCc1ccccc1. The number of hydrogen-bond donors (Lipinski definition) is 2. The molecule has 0 radical (unpaired) electrons. The molecule has 6 heteroatoms. The second kappa shape index (κ2) is 7.44. The summed E-state index contributed by atoms with van der Waals surface area (Å²) in [4.78, 5) is 35.9. The number of rotatable bonds is 5. The van der Waals surface area contributed by atoms with E-state index in [1.54, 1.807) is 24.3 Å². The largest absolute Gasteiger partial charge is 0.422 e. The van der Waals surface area contributed by atoms with Gasteiger partial charge in [-0.3, -0.25) is 9.59 Å². The maximum absolute atomic E-state index is 12.1. The number of para-hydroxylation sites is 1. The number of fused-ring (bicyclic) bond motifs is 1. The van der Waals surface area contributed by atoms with Crippen LogP contribution in [0, 0.1) is 0 Å². The monoisotopic (exact) mass is 336 g/mol. The molecule has 3 rings (SSSR count). The molecule has 0 unspecified atom stereocenters. The molecule has 0 aliphatic carbocycles. The van der Waals surface area contributed by atoms with E-state index in [2.05, 4.69) is 10.6 Å². The van der Waals surface area contributed by atoms with Gasteiger partial charge in [-0.25, -0.2) is 4.79 Å². The van der Waals surface area contributed by atoms with Crippen molar-refractivity contribution in [1.29, 1.82) is 0 Å². The number of hydrogen-bond acceptors (Lipinski definition) is 4. The van der Waals surface area contributed by atoms with Crippen LogP contribution in [0.25, 0.3) is 11.0 Å². The van der Waals surface area contributed by atoms with Crippen LogP contribution < -0.4 is 16.3 Å². The maximum Gasteiger partial charge on any atom is 0.349 e. The summed E-state index contributed by atoms with van der Waals surface area (Å²) in [5.41, 5.74) is 0.498. The lowest BCUT2D eigenvalue weighted by atomic mass is 10.2. The smallest absolute Gasteiger partial charge is 0.349 e. The van der Waals surface area contributed by atoms with Crippen molar-refractivity contribution in [3.8, 4) is 0 Å². The molecular formula is C19H16N2O4. The number of carbonyl (C=O) groups excluding carboxylic acids is 2. The van der Waals surface area contributed by atoms with Gasteiger partial charge in [0.15, 0.2) is 0 Å². The minimum atomic E-state index is -0.735. The highest BCUT2D eigenvalue weighted by Gasteiger charge is 2.14. The average molecular weight is 336 g/mol. The second-order valence-electron chi connectivity index (χ2n) is 5.43. The Morgan fingerprint density at radius 1 is 0.920 bits per heavy atom. The van der Waals surface area contributed by atoms with Crippen molar-refractivity contribution in [3.63, 3.8) is 0 Å². The van der Waals surface area contributed by atoms with E-state index in [9.17, 15) is 14.4 Å². The molecule has 0 aliphatic heterocycles. The Bertz CT molecular complexity index is 964. The van der Waals surface area contributed by atoms with Crippen LogP contribution >= 0.6 is 0 Å². The minimum absolute atomic E-state index is 0.130. The lowest BCUT2D eigenvalue weighted by Gasteiger charge is -2.07. The van der Waals surface area contributed by atoms with Crippen LogP contribution in [-0.2, 0) is 11.3 Å². The highest BCUT2D eigenvalue weighted by Crippen LogP contribution is 2.12. The van der Waals surface area contributed by atoms with Gasteiger partial charge in [0.05, 0.1) is 6.54 Å². The molecule has 1 aromatic heterocycles. The van der Waals surface area contributed by atoms with Gasteiger partial charge in [-0.2, -0.15) is 0 Å². The summed E-state index contributed by atoms with van der Waals surface area (Å²) in [6.07, 6.45) is 0. The molecule has 2 amide bonds. The zero-order chi connectivity index (χ0) is 17.6. The zero-order valence-corrected chi connectivity index (χ0v) is 13.3. The summed E-state index contributed by atoms with van der Waals surface area (Å²) < 4.78 is 5.11. The molecule has 25 heavy (non-hydrogen) atoms. The summed E-state index contributed by atoms with van der Waals surface area (Å²) in [6, 6.07) is 17.8. The van der Waals surface area contributed by atoms with Crippen LogP contribution in [0.1, 0.15) is 15.9 Å². The maximum atomic E-state index is 12.1. The molecule has 0 bridgehead atoms. The Morgan fingerprint density at radius 2 is 1.64 bits per heavy atom. The van der Waals surface area contributed by atoms with E-state index in [1.165, 1.54) is 6.07 Å². The third-order valence-electron chi connectivity index (χ3n) is 3.63. The Labute approximate surface area is 143 Å². The Balaban J connectivity index is 1.60. The summed E-state index contributed by atoms with van der Waals surface area (Å²) in [5, 5.41) is 5.76. The van der Waals surface area contributed by atoms with Crippen molar-refractivity contribution < 1.29 is 14.0 Å². The average Bonchev–Trinajstić information content (AvgIpc) is 2.64. The third kappa shape index (κ3) is 4.11. The summed E-state index contributed by atoms with van der Waals surface area (Å²) in [7, 11) is 0. The molecule has 0 aliphatic rings. The van der Waals surface area contributed by atoms with Crippen LogP contribution in [0.4, 0.5) is 0 Å². The van der Waals surface area contributed by atoms with Gasteiger partial charge in [0.1, 0.15) is 11.1 Å². The lowest BCUT2D eigenvalue weighted by Crippen LogP contribution is -2.38. The van der Waals surface area contributed by atoms with Gasteiger partial charge in [0.2, 0.25) is 5.91 Å². The standard InChI is InChI=1S/C19H16N2O4/c22-17(20-11-13-6-2-1-3-7-13)12-21-18(23)15-10-14-8-4-5-9-16(14)25-19(15)24/h1-10H,11-12H2,(H,20,22)(H,21,23). The van der Waals surface area contributed by atoms with Gasteiger partial charge in [-0.15, -0.1) is 0 Å². The quantitative estimate of drug-likeness (QED) is 0.696. The summed E-state index contributed by atoms with van der Waals surface area (Å²) in [6.45, 7) is 0.144. The Morgan fingerprint density at radius 3 is 2.44 bits per heavy atom. The molecule has 0 fully saturated rings. The molecule has 0 spiro atoms. The molecule has 2 N–H and O–H groups in total. The third-order valence-corrected chi connectivity index (χ3v) is 3.63. The van der Waals surface area contributed by atoms with E-state index < -0.39 is 11.5 Å². The van der Waals surface area contributed by atoms with E-state index >= 15 is 0 Å². The molecule has 6 nitrogen and oxygen atoms in total. The number of nitrogens with one attached hydrogen (secondary N) is 2. The topological polar surface area (TPSA) is 88.4 Å².